The number of nitrogens with one attached hydrogen (secondary N) is 1. The average Bonchev–Trinajstić information content (AvgIpc) is 2.67. The van der Waals surface area contributed by atoms with Gasteiger partial charge in [-0.3, -0.25) is 4.57 Å². The number of fused-ring (bicyclic) bond motifs is 1. The zero-order chi connectivity index (χ0) is 13.6. The number of para-hydroxylation sites is 1. The van der Waals surface area contributed by atoms with Crippen molar-refractivity contribution in [3.8, 4) is 5.69 Å². The summed E-state index contributed by atoms with van der Waals surface area (Å²) in [7, 11) is 0. The van der Waals surface area contributed by atoms with E-state index in [0.29, 0.717) is 19.8 Å². The van der Waals surface area contributed by atoms with Crippen LogP contribution in [0, 0.1) is 4.77 Å². The molecular weight excluding hydrogens is 323 g/mol. The number of hydrogen-bond acceptors (Lipinski definition) is 1. The van der Waals surface area contributed by atoms with Crippen LogP contribution in [0.4, 0.5) is 0 Å². The standard InChI is InChI=1S/C13H7Cl3N2S/c14-7-4-5-11(9(16)6-7)18-12-8(15)2-1-3-10(12)17-13(18)19/h1-6H,(H,17,19). The first-order valence-electron chi connectivity index (χ1n) is 5.42. The molecule has 0 aliphatic rings. The predicted octanol–water partition coefficient (Wildman–Crippen LogP) is 5.65. The second-order valence-corrected chi connectivity index (χ2v) is 5.63. The molecule has 0 fully saturated rings. The summed E-state index contributed by atoms with van der Waals surface area (Å²) < 4.78 is 2.35. The summed E-state index contributed by atoms with van der Waals surface area (Å²) in [6.07, 6.45) is 0. The van der Waals surface area contributed by atoms with Gasteiger partial charge in [0.05, 0.1) is 26.8 Å². The third kappa shape index (κ3) is 2.17. The van der Waals surface area contributed by atoms with Crippen LogP contribution in [0.25, 0.3) is 16.7 Å². The molecule has 0 aliphatic heterocycles. The van der Waals surface area contributed by atoms with Crippen molar-refractivity contribution in [1.29, 1.82) is 0 Å². The van der Waals surface area contributed by atoms with Crippen molar-refractivity contribution < 1.29 is 0 Å². The lowest BCUT2D eigenvalue weighted by Gasteiger charge is -2.08. The van der Waals surface area contributed by atoms with Gasteiger partial charge in [0.2, 0.25) is 0 Å². The fraction of sp³-hybridized carbons (Fsp3) is 0. The molecule has 19 heavy (non-hydrogen) atoms. The van der Waals surface area contributed by atoms with Crippen LogP contribution in [-0.2, 0) is 0 Å². The summed E-state index contributed by atoms with van der Waals surface area (Å²) in [5, 5.41) is 1.70. The minimum atomic E-state index is 0.518. The van der Waals surface area contributed by atoms with Crippen LogP contribution in [0.3, 0.4) is 0 Å². The molecular formula is C13H7Cl3N2S. The van der Waals surface area contributed by atoms with Gasteiger partial charge in [-0.05, 0) is 42.5 Å². The predicted molar refractivity (Wildman–Crippen MR) is 83.5 cm³/mol. The highest BCUT2D eigenvalue weighted by Gasteiger charge is 2.12. The molecule has 0 amide bonds. The lowest BCUT2D eigenvalue weighted by molar-refractivity contribution is 1.07. The second kappa shape index (κ2) is 4.84. The molecule has 0 radical (unpaired) electrons. The molecule has 0 bridgehead atoms. The average molecular weight is 330 g/mol. The Labute approximate surface area is 129 Å². The molecule has 1 aromatic heterocycles. The van der Waals surface area contributed by atoms with Gasteiger partial charge in [0, 0.05) is 5.02 Å². The van der Waals surface area contributed by atoms with Gasteiger partial charge in [0.15, 0.2) is 4.77 Å². The van der Waals surface area contributed by atoms with Gasteiger partial charge in [-0.25, -0.2) is 0 Å². The lowest BCUT2D eigenvalue weighted by Crippen LogP contribution is -1.95. The second-order valence-electron chi connectivity index (χ2n) is 4.00. The Bertz CT molecular complexity index is 836. The molecule has 6 heteroatoms. The maximum absolute atomic E-state index is 6.25. The molecule has 0 saturated carbocycles. The maximum Gasteiger partial charge on any atom is 0.182 e. The molecule has 3 aromatic rings. The van der Waals surface area contributed by atoms with Crippen LogP contribution in [0.2, 0.25) is 15.1 Å². The summed E-state index contributed by atoms with van der Waals surface area (Å²) in [5.74, 6) is 0. The summed E-state index contributed by atoms with van der Waals surface area (Å²) in [6, 6.07) is 10.8. The number of rotatable bonds is 1. The van der Waals surface area contributed by atoms with Crippen LogP contribution >= 0.6 is 47.0 Å². The molecule has 1 heterocycles. The van der Waals surface area contributed by atoms with E-state index in [-0.39, 0.29) is 0 Å². The Morgan fingerprint density at radius 3 is 2.53 bits per heavy atom. The fourth-order valence-corrected chi connectivity index (χ4v) is 3.06. The van der Waals surface area contributed by atoms with Crippen LogP contribution in [-0.4, -0.2) is 9.55 Å². The van der Waals surface area contributed by atoms with Crippen LogP contribution in [0.15, 0.2) is 36.4 Å². The number of aromatic amines is 1. The number of halogens is 3. The first-order valence-corrected chi connectivity index (χ1v) is 6.97. The number of H-pyrrole nitrogens is 1. The highest BCUT2D eigenvalue weighted by molar-refractivity contribution is 7.71. The molecule has 3 rings (SSSR count). The number of benzene rings is 2. The summed E-state index contributed by atoms with van der Waals surface area (Å²) in [4.78, 5) is 3.11. The third-order valence-corrected chi connectivity index (χ3v) is 3.93. The molecule has 0 atom stereocenters. The van der Waals surface area contributed by atoms with E-state index < -0.39 is 0 Å². The zero-order valence-corrected chi connectivity index (χ0v) is 12.5. The summed E-state index contributed by atoms with van der Waals surface area (Å²) in [5.41, 5.74) is 2.41. The van der Waals surface area contributed by atoms with Crippen molar-refractivity contribution in [2.75, 3.05) is 0 Å². The van der Waals surface area contributed by atoms with Crippen molar-refractivity contribution in [2.24, 2.45) is 0 Å². The van der Waals surface area contributed by atoms with E-state index in [0.717, 1.165) is 16.7 Å². The maximum atomic E-state index is 6.25. The lowest BCUT2D eigenvalue weighted by atomic mass is 10.3. The number of imidazole rings is 1. The normalized spacial score (nSPS) is 11.1. The molecule has 0 aliphatic carbocycles. The Morgan fingerprint density at radius 2 is 1.79 bits per heavy atom. The number of aromatic nitrogens is 2. The first kappa shape index (κ1) is 13.0. The van der Waals surface area contributed by atoms with Gasteiger partial charge in [-0.1, -0.05) is 40.9 Å². The minimum absolute atomic E-state index is 0.518. The smallest absolute Gasteiger partial charge is 0.182 e. The van der Waals surface area contributed by atoms with E-state index in [2.05, 4.69) is 4.98 Å². The molecule has 96 valence electrons. The van der Waals surface area contributed by atoms with Crippen molar-refractivity contribution in [1.82, 2.24) is 9.55 Å². The Hall–Kier alpha value is -1.000. The van der Waals surface area contributed by atoms with E-state index in [4.69, 9.17) is 47.0 Å². The summed E-state index contributed by atoms with van der Waals surface area (Å²) in [6.45, 7) is 0. The van der Waals surface area contributed by atoms with Crippen LogP contribution in [0.1, 0.15) is 0 Å². The molecule has 0 unspecified atom stereocenters. The molecule has 0 spiro atoms. The van der Waals surface area contributed by atoms with E-state index in [9.17, 15) is 0 Å². The van der Waals surface area contributed by atoms with Crippen molar-refractivity contribution >= 4 is 58.1 Å². The van der Waals surface area contributed by atoms with Gasteiger partial charge in [-0.2, -0.15) is 0 Å². The van der Waals surface area contributed by atoms with E-state index in [1.165, 1.54) is 0 Å². The SMILES string of the molecule is S=c1[nH]c2cccc(Cl)c2n1-c1ccc(Cl)cc1Cl. The van der Waals surface area contributed by atoms with Crippen LogP contribution in [0.5, 0.6) is 0 Å². The van der Waals surface area contributed by atoms with Gasteiger partial charge >= 0.3 is 0 Å². The third-order valence-electron chi connectivity index (χ3n) is 2.81. The number of nitrogens with zero attached hydrogens (tertiary/aromatic N) is 1. The Kier molecular flexibility index (Phi) is 3.31. The van der Waals surface area contributed by atoms with Crippen LogP contribution < -0.4 is 0 Å². The number of hydrogen-bond donors (Lipinski definition) is 1. The quantitative estimate of drug-likeness (QED) is 0.572. The topological polar surface area (TPSA) is 20.7 Å². The largest absolute Gasteiger partial charge is 0.330 e. The monoisotopic (exact) mass is 328 g/mol. The first-order chi connectivity index (χ1) is 9.08. The molecule has 0 saturated heterocycles. The van der Waals surface area contributed by atoms with Gasteiger partial charge in [0.1, 0.15) is 0 Å². The van der Waals surface area contributed by atoms with Crippen molar-refractivity contribution in [3.63, 3.8) is 0 Å². The summed E-state index contributed by atoms with van der Waals surface area (Å²) >= 11 is 23.7. The van der Waals surface area contributed by atoms with E-state index in [1.54, 1.807) is 12.1 Å². The Balaban J connectivity index is 2.42. The van der Waals surface area contributed by atoms with E-state index in [1.807, 2.05) is 28.8 Å². The van der Waals surface area contributed by atoms with Crippen molar-refractivity contribution in [3.05, 3.63) is 56.2 Å². The zero-order valence-electron chi connectivity index (χ0n) is 9.45. The van der Waals surface area contributed by atoms with Crippen molar-refractivity contribution in [2.45, 2.75) is 0 Å². The molecule has 1 N–H and O–H groups in total. The van der Waals surface area contributed by atoms with E-state index >= 15 is 0 Å². The highest BCUT2D eigenvalue weighted by Crippen LogP contribution is 2.31. The molecule has 2 nitrogen and oxygen atoms in total. The van der Waals surface area contributed by atoms with Gasteiger partial charge in [0.25, 0.3) is 0 Å². The van der Waals surface area contributed by atoms with Gasteiger partial charge in [-0.15, -0.1) is 0 Å². The highest BCUT2D eigenvalue weighted by atomic mass is 35.5. The minimum Gasteiger partial charge on any atom is -0.330 e. The fourth-order valence-electron chi connectivity index (χ4n) is 2.01. The molecule has 2 aromatic carbocycles. The Morgan fingerprint density at radius 1 is 1.00 bits per heavy atom. The van der Waals surface area contributed by atoms with Gasteiger partial charge < -0.3 is 4.98 Å².